The molecule has 2 N–H and O–H groups in total. The van der Waals surface area contributed by atoms with Crippen LogP contribution in [0.2, 0.25) is 0 Å². The van der Waals surface area contributed by atoms with E-state index in [4.69, 9.17) is 11.5 Å². The second-order valence-corrected chi connectivity index (χ2v) is 4.54. The van der Waals surface area contributed by atoms with Crippen LogP contribution in [-0.4, -0.2) is 17.6 Å². The minimum absolute atomic E-state index is 0.269. The fourth-order valence-corrected chi connectivity index (χ4v) is 1.89. The highest BCUT2D eigenvalue weighted by Crippen LogP contribution is 2.19. The lowest BCUT2D eigenvalue weighted by atomic mass is 10.2. The predicted octanol–water partition coefficient (Wildman–Crippen LogP) is 3.36. The Kier molecular flexibility index (Phi) is 5.58. The second-order valence-electron chi connectivity index (χ2n) is 3.62. The average molecular weight is 296 g/mol. The maximum Gasteiger partial charge on any atom is 0.335 e. The molecule has 0 amide bonds. The van der Waals surface area contributed by atoms with Gasteiger partial charge in [-0.3, -0.25) is 0 Å². The Balaban J connectivity index is 2.53. The number of hydrogen-bond acceptors (Lipinski definition) is 2. The number of unbranched alkanes of at least 4 members (excludes halogenated alkanes) is 2. The van der Waals surface area contributed by atoms with Crippen LogP contribution in [0.4, 0.5) is 5.69 Å². The quantitative estimate of drug-likeness (QED) is 0.625. The minimum atomic E-state index is -0.929. The summed E-state index contributed by atoms with van der Waals surface area (Å²) in [6, 6.07) is 5.05. The molecule has 0 bridgehead atoms. The van der Waals surface area contributed by atoms with Crippen molar-refractivity contribution in [3.05, 3.63) is 28.2 Å². The van der Waals surface area contributed by atoms with Crippen LogP contribution in [-0.2, 0) is 0 Å². The molecule has 90 valence electrons. The Bertz CT molecular complexity index is 438. The first-order valence-corrected chi connectivity index (χ1v) is 6.14. The fourth-order valence-electron chi connectivity index (χ4n) is 1.40. The van der Waals surface area contributed by atoms with Crippen molar-refractivity contribution in [1.29, 1.82) is 0 Å². The van der Waals surface area contributed by atoms with E-state index < -0.39 is 5.97 Å². The van der Waals surface area contributed by atoms with Gasteiger partial charge in [-0.1, -0.05) is 15.9 Å². The third kappa shape index (κ3) is 4.92. The van der Waals surface area contributed by atoms with E-state index in [1.807, 2.05) is 6.07 Å². The zero-order valence-corrected chi connectivity index (χ0v) is 11.0. The number of benzene rings is 1. The first kappa shape index (κ1) is 13.6. The average Bonchev–Trinajstić information content (AvgIpc) is 2.28. The van der Waals surface area contributed by atoms with E-state index in [1.54, 1.807) is 12.1 Å². The molecule has 0 unspecified atom stereocenters. The highest BCUT2D eigenvalue weighted by Gasteiger charge is 2.05. The predicted molar refractivity (Wildman–Crippen MR) is 72.3 cm³/mol. The zero-order valence-electron chi connectivity index (χ0n) is 9.37. The van der Waals surface area contributed by atoms with Crippen molar-refractivity contribution in [1.82, 2.24) is 0 Å². The first-order valence-electron chi connectivity index (χ1n) is 5.34. The van der Waals surface area contributed by atoms with Gasteiger partial charge >= 0.3 is 5.97 Å². The molecule has 0 saturated heterocycles. The molecule has 0 aliphatic carbocycles. The summed E-state index contributed by atoms with van der Waals surface area (Å²) in [5.41, 5.74) is 1.07. The number of carbonyl (C=O) groups is 1. The number of carboxylic acid groups (broad SMARTS) is 1. The lowest BCUT2D eigenvalue weighted by Gasteiger charge is -2.07. The van der Waals surface area contributed by atoms with Crippen LogP contribution in [0.25, 0.3) is 0 Å². The van der Waals surface area contributed by atoms with Gasteiger partial charge in [0.2, 0.25) is 0 Å². The normalized spacial score (nSPS) is 9.65. The maximum atomic E-state index is 10.8. The number of carboxylic acids is 1. The van der Waals surface area contributed by atoms with Crippen molar-refractivity contribution in [3.8, 4) is 12.3 Å². The summed E-state index contributed by atoms with van der Waals surface area (Å²) >= 11 is 3.29. The highest BCUT2D eigenvalue weighted by molar-refractivity contribution is 9.10. The summed E-state index contributed by atoms with van der Waals surface area (Å²) in [6.07, 6.45) is 7.88. The standard InChI is InChI=1S/C13H14BrNO2/c1-2-3-4-5-6-15-12-8-10(13(16)17)7-11(14)9-12/h1,7-9,15H,3-6H2,(H,16,17). The molecule has 0 fully saturated rings. The van der Waals surface area contributed by atoms with Gasteiger partial charge in [0.15, 0.2) is 0 Å². The van der Waals surface area contributed by atoms with E-state index in [0.717, 1.165) is 36.0 Å². The van der Waals surface area contributed by atoms with Crippen LogP contribution in [0.3, 0.4) is 0 Å². The Morgan fingerprint density at radius 1 is 1.41 bits per heavy atom. The van der Waals surface area contributed by atoms with Crippen LogP contribution < -0.4 is 5.32 Å². The van der Waals surface area contributed by atoms with Gasteiger partial charge in [0, 0.05) is 23.1 Å². The van der Waals surface area contributed by atoms with E-state index in [-0.39, 0.29) is 5.56 Å². The second kappa shape index (κ2) is 6.97. The Morgan fingerprint density at radius 2 is 2.18 bits per heavy atom. The first-order chi connectivity index (χ1) is 8.13. The van der Waals surface area contributed by atoms with Gasteiger partial charge in [-0.05, 0) is 31.0 Å². The zero-order chi connectivity index (χ0) is 12.7. The molecule has 0 saturated carbocycles. The van der Waals surface area contributed by atoms with Gasteiger partial charge in [0.1, 0.15) is 0 Å². The smallest absolute Gasteiger partial charge is 0.335 e. The number of terminal acetylenes is 1. The molecule has 0 atom stereocenters. The van der Waals surface area contributed by atoms with Crippen molar-refractivity contribution in [2.45, 2.75) is 19.3 Å². The number of halogens is 1. The van der Waals surface area contributed by atoms with Crippen molar-refractivity contribution in [2.75, 3.05) is 11.9 Å². The molecule has 0 radical (unpaired) electrons. The van der Waals surface area contributed by atoms with Gasteiger partial charge in [-0.25, -0.2) is 4.79 Å². The summed E-state index contributed by atoms with van der Waals surface area (Å²) < 4.78 is 0.753. The molecule has 0 aromatic heterocycles. The van der Waals surface area contributed by atoms with E-state index in [1.165, 1.54) is 0 Å². The summed E-state index contributed by atoms with van der Waals surface area (Å²) in [4.78, 5) is 10.8. The van der Waals surface area contributed by atoms with Crippen LogP contribution in [0.5, 0.6) is 0 Å². The largest absolute Gasteiger partial charge is 0.478 e. The maximum absolute atomic E-state index is 10.8. The van der Waals surface area contributed by atoms with E-state index >= 15 is 0 Å². The van der Waals surface area contributed by atoms with Gasteiger partial charge in [0.05, 0.1) is 5.56 Å². The van der Waals surface area contributed by atoms with E-state index in [0.29, 0.717) is 0 Å². The van der Waals surface area contributed by atoms with E-state index in [9.17, 15) is 4.79 Å². The van der Waals surface area contributed by atoms with Crippen molar-refractivity contribution < 1.29 is 9.90 Å². The number of rotatable bonds is 6. The fraction of sp³-hybridized carbons (Fsp3) is 0.308. The molecule has 1 rings (SSSR count). The Labute approximate surface area is 109 Å². The molecule has 1 aromatic rings. The summed E-state index contributed by atoms with van der Waals surface area (Å²) in [7, 11) is 0. The van der Waals surface area contributed by atoms with Crippen LogP contribution >= 0.6 is 15.9 Å². The number of hydrogen-bond donors (Lipinski definition) is 2. The molecule has 4 heteroatoms. The molecule has 1 aromatic carbocycles. The van der Waals surface area contributed by atoms with Crippen LogP contribution in [0, 0.1) is 12.3 Å². The number of anilines is 1. The SMILES string of the molecule is C#CCCCCNc1cc(Br)cc(C(=O)O)c1. The van der Waals surface area contributed by atoms with Crippen molar-refractivity contribution in [2.24, 2.45) is 0 Å². The third-order valence-corrected chi connectivity index (χ3v) is 2.68. The summed E-state index contributed by atoms with van der Waals surface area (Å²) in [5.74, 6) is 1.66. The van der Waals surface area contributed by atoms with Gasteiger partial charge in [0.25, 0.3) is 0 Å². The molecule has 3 nitrogen and oxygen atoms in total. The molecular weight excluding hydrogens is 282 g/mol. The monoisotopic (exact) mass is 295 g/mol. The molecule has 0 aliphatic rings. The number of nitrogens with one attached hydrogen (secondary N) is 1. The van der Waals surface area contributed by atoms with Gasteiger partial charge in [-0.15, -0.1) is 12.3 Å². The van der Waals surface area contributed by atoms with Crippen LogP contribution in [0.15, 0.2) is 22.7 Å². The van der Waals surface area contributed by atoms with Crippen molar-refractivity contribution >= 4 is 27.6 Å². The molecule has 0 spiro atoms. The summed E-state index contributed by atoms with van der Waals surface area (Å²) in [5, 5.41) is 12.1. The number of aromatic carboxylic acids is 1. The van der Waals surface area contributed by atoms with E-state index in [2.05, 4.69) is 27.2 Å². The Hall–Kier alpha value is -1.47. The van der Waals surface area contributed by atoms with Crippen molar-refractivity contribution in [3.63, 3.8) is 0 Å². The topological polar surface area (TPSA) is 49.3 Å². The molecule has 0 aliphatic heterocycles. The Morgan fingerprint density at radius 3 is 2.82 bits per heavy atom. The van der Waals surface area contributed by atoms with Gasteiger partial charge in [-0.2, -0.15) is 0 Å². The minimum Gasteiger partial charge on any atom is -0.478 e. The highest BCUT2D eigenvalue weighted by atomic mass is 79.9. The van der Waals surface area contributed by atoms with Crippen LogP contribution in [0.1, 0.15) is 29.6 Å². The summed E-state index contributed by atoms with van der Waals surface area (Å²) in [6.45, 7) is 0.789. The molecule has 17 heavy (non-hydrogen) atoms. The van der Waals surface area contributed by atoms with Gasteiger partial charge < -0.3 is 10.4 Å². The third-order valence-electron chi connectivity index (χ3n) is 2.22. The lowest BCUT2D eigenvalue weighted by Crippen LogP contribution is -2.03. The lowest BCUT2D eigenvalue weighted by molar-refractivity contribution is 0.0697. The molecular formula is C13H14BrNO2. The molecule has 0 heterocycles.